The van der Waals surface area contributed by atoms with Gasteiger partial charge in [0, 0.05) is 19.6 Å². The predicted octanol–water partition coefficient (Wildman–Crippen LogP) is 1.61. The van der Waals surface area contributed by atoms with Gasteiger partial charge in [-0.05, 0) is 19.2 Å². The van der Waals surface area contributed by atoms with E-state index in [1.807, 2.05) is 31.3 Å². The highest BCUT2D eigenvalue weighted by molar-refractivity contribution is 6.32. The Kier molecular flexibility index (Phi) is 5.47. The summed E-state index contributed by atoms with van der Waals surface area (Å²) < 4.78 is 5.54. The van der Waals surface area contributed by atoms with Crippen molar-refractivity contribution >= 4 is 11.6 Å². The minimum Gasteiger partial charge on any atom is -0.491 e. The van der Waals surface area contributed by atoms with E-state index in [2.05, 4.69) is 4.90 Å². The first-order valence-electron chi connectivity index (χ1n) is 5.00. The van der Waals surface area contributed by atoms with Crippen molar-refractivity contribution in [2.45, 2.75) is 0 Å². The zero-order valence-corrected chi connectivity index (χ0v) is 9.70. The van der Waals surface area contributed by atoms with E-state index < -0.39 is 0 Å². The van der Waals surface area contributed by atoms with E-state index in [0.717, 1.165) is 18.8 Å². The summed E-state index contributed by atoms with van der Waals surface area (Å²) in [6.07, 6.45) is 0. The molecule has 0 radical (unpaired) electrons. The first-order chi connectivity index (χ1) is 7.24. The molecule has 0 saturated heterocycles. The van der Waals surface area contributed by atoms with Gasteiger partial charge in [0.1, 0.15) is 12.4 Å². The average molecular weight is 229 g/mol. The molecule has 1 rings (SSSR count). The van der Waals surface area contributed by atoms with Crippen LogP contribution in [0.2, 0.25) is 5.02 Å². The Labute approximate surface area is 95.8 Å². The highest BCUT2D eigenvalue weighted by Crippen LogP contribution is 2.22. The standard InChI is InChI=1S/C11H17ClN2O/c1-14(7-6-13)8-9-15-11-5-3-2-4-10(11)12/h2-5H,6-9,13H2,1H3. The van der Waals surface area contributed by atoms with Crippen LogP contribution in [0.5, 0.6) is 5.75 Å². The monoisotopic (exact) mass is 228 g/mol. The van der Waals surface area contributed by atoms with E-state index in [1.165, 1.54) is 0 Å². The lowest BCUT2D eigenvalue weighted by atomic mass is 10.3. The molecule has 0 heterocycles. The molecule has 0 aliphatic heterocycles. The molecule has 1 aromatic carbocycles. The number of hydrogen-bond acceptors (Lipinski definition) is 3. The molecule has 0 bridgehead atoms. The third kappa shape index (κ3) is 4.51. The number of nitrogens with two attached hydrogens (primary N) is 1. The minimum atomic E-state index is 0.625. The van der Waals surface area contributed by atoms with Crippen LogP contribution in [0.25, 0.3) is 0 Å². The Hall–Kier alpha value is -0.770. The van der Waals surface area contributed by atoms with Gasteiger partial charge in [-0.2, -0.15) is 0 Å². The summed E-state index contributed by atoms with van der Waals surface area (Å²) in [5.74, 6) is 0.736. The molecular weight excluding hydrogens is 212 g/mol. The summed E-state index contributed by atoms with van der Waals surface area (Å²) in [4.78, 5) is 2.12. The Balaban J connectivity index is 2.29. The van der Waals surface area contributed by atoms with Gasteiger partial charge in [0.05, 0.1) is 5.02 Å². The fourth-order valence-corrected chi connectivity index (χ4v) is 1.40. The van der Waals surface area contributed by atoms with Crippen molar-refractivity contribution in [3.63, 3.8) is 0 Å². The average Bonchev–Trinajstić information content (AvgIpc) is 2.21. The van der Waals surface area contributed by atoms with Crippen molar-refractivity contribution < 1.29 is 4.74 Å². The lowest BCUT2D eigenvalue weighted by molar-refractivity contribution is 0.241. The lowest BCUT2D eigenvalue weighted by Gasteiger charge is -2.15. The number of rotatable bonds is 6. The number of likely N-dealkylation sites (N-methyl/N-ethyl adjacent to an activating group) is 1. The van der Waals surface area contributed by atoms with Gasteiger partial charge < -0.3 is 15.4 Å². The van der Waals surface area contributed by atoms with E-state index in [9.17, 15) is 0 Å². The van der Waals surface area contributed by atoms with Crippen LogP contribution in [-0.2, 0) is 0 Å². The topological polar surface area (TPSA) is 38.5 Å². The maximum atomic E-state index is 5.94. The summed E-state index contributed by atoms with van der Waals surface area (Å²) in [5.41, 5.74) is 5.43. The number of hydrogen-bond donors (Lipinski definition) is 1. The van der Waals surface area contributed by atoms with Crippen LogP contribution in [0.1, 0.15) is 0 Å². The van der Waals surface area contributed by atoms with Gasteiger partial charge in [0.25, 0.3) is 0 Å². The van der Waals surface area contributed by atoms with Crippen molar-refractivity contribution in [2.24, 2.45) is 5.73 Å². The first-order valence-corrected chi connectivity index (χ1v) is 5.38. The smallest absolute Gasteiger partial charge is 0.137 e. The summed E-state index contributed by atoms with van der Waals surface area (Å²) in [7, 11) is 2.02. The number of nitrogens with zero attached hydrogens (tertiary/aromatic N) is 1. The maximum absolute atomic E-state index is 5.94. The van der Waals surface area contributed by atoms with Crippen molar-refractivity contribution in [2.75, 3.05) is 33.3 Å². The number of halogens is 1. The largest absolute Gasteiger partial charge is 0.491 e. The normalized spacial score (nSPS) is 10.7. The molecule has 15 heavy (non-hydrogen) atoms. The molecule has 84 valence electrons. The van der Waals surface area contributed by atoms with E-state index in [-0.39, 0.29) is 0 Å². The molecule has 2 N–H and O–H groups in total. The van der Waals surface area contributed by atoms with Crippen LogP contribution in [0.3, 0.4) is 0 Å². The highest BCUT2D eigenvalue weighted by atomic mass is 35.5. The number of ether oxygens (including phenoxy) is 1. The number of benzene rings is 1. The van der Waals surface area contributed by atoms with Crippen LogP contribution in [-0.4, -0.2) is 38.2 Å². The fourth-order valence-electron chi connectivity index (χ4n) is 1.21. The summed E-state index contributed by atoms with van der Waals surface area (Å²) in [6.45, 7) is 3.02. The summed E-state index contributed by atoms with van der Waals surface area (Å²) in [6, 6.07) is 7.48. The minimum absolute atomic E-state index is 0.625. The van der Waals surface area contributed by atoms with Crippen LogP contribution in [0, 0.1) is 0 Å². The third-order valence-corrected chi connectivity index (χ3v) is 2.39. The van der Waals surface area contributed by atoms with E-state index in [0.29, 0.717) is 18.2 Å². The molecule has 3 nitrogen and oxygen atoms in total. The molecular formula is C11H17ClN2O. The second kappa shape index (κ2) is 6.67. The molecule has 0 unspecified atom stereocenters. The highest BCUT2D eigenvalue weighted by Gasteiger charge is 2.00. The Morgan fingerprint density at radius 2 is 2.07 bits per heavy atom. The van der Waals surface area contributed by atoms with Crippen LogP contribution in [0.4, 0.5) is 0 Å². The van der Waals surface area contributed by atoms with Gasteiger partial charge >= 0.3 is 0 Å². The van der Waals surface area contributed by atoms with Crippen molar-refractivity contribution in [1.29, 1.82) is 0 Å². The van der Waals surface area contributed by atoms with Gasteiger partial charge in [-0.1, -0.05) is 23.7 Å². The Bertz CT molecular complexity index is 294. The Morgan fingerprint density at radius 3 is 2.73 bits per heavy atom. The van der Waals surface area contributed by atoms with E-state index in [4.69, 9.17) is 22.1 Å². The number of para-hydroxylation sites is 1. The molecule has 0 fully saturated rings. The molecule has 0 saturated carbocycles. The summed E-state index contributed by atoms with van der Waals surface area (Å²) in [5, 5.41) is 0.652. The SMILES string of the molecule is CN(CCN)CCOc1ccccc1Cl. The second-order valence-corrected chi connectivity index (χ2v) is 3.78. The van der Waals surface area contributed by atoms with Gasteiger partial charge in [-0.25, -0.2) is 0 Å². The third-order valence-electron chi connectivity index (χ3n) is 2.08. The van der Waals surface area contributed by atoms with E-state index in [1.54, 1.807) is 0 Å². The lowest BCUT2D eigenvalue weighted by Crippen LogP contribution is -2.29. The van der Waals surface area contributed by atoms with Gasteiger partial charge in [-0.15, -0.1) is 0 Å². The van der Waals surface area contributed by atoms with Crippen LogP contribution >= 0.6 is 11.6 Å². The molecule has 0 aliphatic carbocycles. The molecule has 0 spiro atoms. The van der Waals surface area contributed by atoms with E-state index >= 15 is 0 Å². The molecule has 4 heteroatoms. The van der Waals surface area contributed by atoms with Crippen molar-refractivity contribution in [3.05, 3.63) is 29.3 Å². The molecule has 0 aliphatic rings. The Morgan fingerprint density at radius 1 is 1.33 bits per heavy atom. The van der Waals surface area contributed by atoms with Crippen molar-refractivity contribution in [3.8, 4) is 5.75 Å². The van der Waals surface area contributed by atoms with Gasteiger partial charge in [-0.3, -0.25) is 0 Å². The van der Waals surface area contributed by atoms with Crippen molar-refractivity contribution in [1.82, 2.24) is 4.90 Å². The summed E-state index contributed by atoms with van der Waals surface area (Å²) >= 11 is 5.94. The quantitative estimate of drug-likeness (QED) is 0.804. The zero-order valence-electron chi connectivity index (χ0n) is 8.95. The molecule has 0 aromatic heterocycles. The van der Waals surface area contributed by atoms with Gasteiger partial charge in [0.2, 0.25) is 0 Å². The fraction of sp³-hybridized carbons (Fsp3) is 0.455. The first kappa shape index (κ1) is 12.3. The van der Waals surface area contributed by atoms with Gasteiger partial charge in [0.15, 0.2) is 0 Å². The molecule has 0 amide bonds. The maximum Gasteiger partial charge on any atom is 0.137 e. The van der Waals surface area contributed by atoms with Crippen LogP contribution < -0.4 is 10.5 Å². The zero-order chi connectivity index (χ0) is 11.1. The second-order valence-electron chi connectivity index (χ2n) is 3.37. The predicted molar refractivity (Wildman–Crippen MR) is 63.5 cm³/mol. The molecule has 1 aromatic rings. The van der Waals surface area contributed by atoms with Crippen LogP contribution in [0.15, 0.2) is 24.3 Å². The molecule has 0 atom stereocenters.